The Morgan fingerprint density at radius 2 is 1.88 bits per heavy atom. The summed E-state index contributed by atoms with van der Waals surface area (Å²) in [7, 11) is 0. The molecule has 1 atom stereocenters. The van der Waals surface area contributed by atoms with Gasteiger partial charge in [-0.15, -0.1) is 10.2 Å². The molecule has 0 spiro atoms. The molecule has 1 amide bonds. The number of halogens is 1. The minimum Gasteiger partial charge on any atom is -0.351 e. The van der Waals surface area contributed by atoms with Crippen molar-refractivity contribution in [1.82, 2.24) is 20.2 Å². The van der Waals surface area contributed by atoms with E-state index in [4.69, 9.17) is 5.84 Å². The Labute approximate surface area is 154 Å². The Morgan fingerprint density at radius 3 is 2.62 bits per heavy atom. The summed E-state index contributed by atoms with van der Waals surface area (Å²) in [6.45, 7) is 2.20. The predicted molar refractivity (Wildman–Crippen MR) is 99.2 cm³/mol. The maximum atomic E-state index is 13.9. The van der Waals surface area contributed by atoms with Gasteiger partial charge in [-0.25, -0.2) is 9.07 Å². The van der Waals surface area contributed by atoms with Crippen molar-refractivity contribution < 1.29 is 9.18 Å². The third-order valence-corrected chi connectivity index (χ3v) is 4.80. The molecule has 0 unspecified atom stereocenters. The van der Waals surface area contributed by atoms with E-state index in [0.29, 0.717) is 11.7 Å². The van der Waals surface area contributed by atoms with E-state index in [1.54, 1.807) is 25.1 Å². The number of nitrogens with one attached hydrogen (secondary N) is 1. The van der Waals surface area contributed by atoms with E-state index in [9.17, 15) is 9.18 Å². The molecule has 3 aromatic rings. The minimum absolute atomic E-state index is 0.144. The number of rotatable bonds is 6. The normalized spacial score (nSPS) is 11.9. The number of benzene rings is 2. The molecule has 0 fully saturated rings. The van der Waals surface area contributed by atoms with Crippen molar-refractivity contribution in [1.29, 1.82) is 0 Å². The van der Waals surface area contributed by atoms with Crippen molar-refractivity contribution in [3.05, 3.63) is 66.0 Å². The fourth-order valence-electron chi connectivity index (χ4n) is 2.32. The number of hydrogen-bond donors (Lipinski definition) is 2. The van der Waals surface area contributed by atoms with Crippen molar-refractivity contribution in [3.8, 4) is 11.4 Å². The van der Waals surface area contributed by atoms with E-state index >= 15 is 0 Å². The fraction of sp³-hybridized carbons (Fsp3) is 0.167. The van der Waals surface area contributed by atoms with E-state index in [1.165, 1.54) is 10.7 Å². The van der Waals surface area contributed by atoms with Crippen molar-refractivity contribution in [2.45, 2.75) is 23.9 Å². The SMILES string of the molecule is C[C@H](Sc1nnc(-c2ccccc2F)n1N)C(=O)NCc1ccccc1. The molecule has 3 rings (SSSR count). The highest BCUT2D eigenvalue weighted by Crippen LogP contribution is 2.26. The number of amides is 1. The molecule has 134 valence electrons. The van der Waals surface area contributed by atoms with Crippen LogP contribution in [0, 0.1) is 5.82 Å². The number of carbonyl (C=O) groups is 1. The number of nitrogens with zero attached hydrogens (tertiary/aromatic N) is 3. The van der Waals surface area contributed by atoms with E-state index in [-0.39, 0.29) is 17.3 Å². The van der Waals surface area contributed by atoms with Crippen LogP contribution >= 0.6 is 11.8 Å². The zero-order valence-electron chi connectivity index (χ0n) is 14.1. The van der Waals surface area contributed by atoms with Gasteiger partial charge in [-0.1, -0.05) is 54.2 Å². The maximum Gasteiger partial charge on any atom is 0.233 e. The quantitative estimate of drug-likeness (QED) is 0.514. The molecule has 0 aliphatic heterocycles. The Morgan fingerprint density at radius 1 is 1.19 bits per heavy atom. The third kappa shape index (κ3) is 4.02. The summed E-state index contributed by atoms with van der Waals surface area (Å²) in [6.07, 6.45) is 0. The standard InChI is InChI=1S/C18H18FN5OS/c1-12(17(25)21-11-13-7-3-2-4-8-13)26-18-23-22-16(24(18)20)14-9-5-6-10-15(14)19/h2-10,12H,11,20H2,1H3,(H,21,25)/t12-/m0/s1. The van der Waals surface area contributed by atoms with Crippen LogP contribution in [0.5, 0.6) is 0 Å². The lowest BCUT2D eigenvalue weighted by molar-refractivity contribution is -0.120. The van der Waals surface area contributed by atoms with Gasteiger partial charge in [0.15, 0.2) is 5.82 Å². The van der Waals surface area contributed by atoms with Crippen LogP contribution < -0.4 is 11.2 Å². The van der Waals surface area contributed by atoms with Crippen molar-refractivity contribution in [2.75, 3.05) is 5.84 Å². The second kappa shape index (κ2) is 8.01. The Hall–Kier alpha value is -2.87. The largest absolute Gasteiger partial charge is 0.351 e. The second-order valence-corrected chi connectivity index (χ2v) is 6.93. The van der Waals surface area contributed by atoms with Crippen LogP contribution in [0.3, 0.4) is 0 Å². The van der Waals surface area contributed by atoms with Gasteiger partial charge in [-0.3, -0.25) is 4.79 Å². The molecule has 0 bridgehead atoms. The van der Waals surface area contributed by atoms with Crippen molar-refractivity contribution >= 4 is 17.7 Å². The van der Waals surface area contributed by atoms with Gasteiger partial charge in [0.1, 0.15) is 5.82 Å². The third-order valence-electron chi connectivity index (χ3n) is 3.74. The van der Waals surface area contributed by atoms with Crippen molar-refractivity contribution in [3.63, 3.8) is 0 Å². The van der Waals surface area contributed by atoms with Crippen LogP contribution in [0.4, 0.5) is 4.39 Å². The number of carbonyl (C=O) groups excluding carboxylic acids is 1. The van der Waals surface area contributed by atoms with Gasteiger partial charge in [0.2, 0.25) is 11.1 Å². The second-order valence-electron chi connectivity index (χ2n) is 5.62. The van der Waals surface area contributed by atoms with E-state index in [2.05, 4.69) is 15.5 Å². The number of thioether (sulfide) groups is 1. The summed E-state index contributed by atoms with van der Waals surface area (Å²) < 4.78 is 15.1. The minimum atomic E-state index is -0.434. The van der Waals surface area contributed by atoms with Gasteiger partial charge >= 0.3 is 0 Å². The maximum absolute atomic E-state index is 13.9. The molecule has 0 radical (unpaired) electrons. The van der Waals surface area contributed by atoms with Gasteiger partial charge in [-0.2, -0.15) is 0 Å². The molecule has 0 aliphatic rings. The molecule has 1 aromatic heterocycles. The van der Waals surface area contributed by atoms with Gasteiger partial charge < -0.3 is 11.2 Å². The summed E-state index contributed by atoms with van der Waals surface area (Å²) in [5.74, 6) is 5.62. The smallest absolute Gasteiger partial charge is 0.233 e. The lowest BCUT2D eigenvalue weighted by Crippen LogP contribution is -2.30. The molecule has 0 saturated heterocycles. The number of hydrogen-bond acceptors (Lipinski definition) is 5. The molecule has 8 heteroatoms. The number of aromatic nitrogens is 3. The highest BCUT2D eigenvalue weighted by atomic mass is 32.2. The molecule has 1 heterocycles. The van der Waals surface area contributed by atoms with Crippen LogP contribution in [0.15, 0.2) is 59.8 Å². The molecule has 0 saturated carbocycles. The first-order chi connectivity index (χ1) is 12.6. The average molecular weight is 371 g/mol. The zero-order valence-corrected chi connectivity index (χ0v) is 14.9. The van der Waals surface area contributed by atoms with Gasteiger partial charge in [0.25, 0.3) is 0 Å². The van der Waals surface area contributed by atoms with Gasteiger partial charge in [0, 0.05) is 6.54 Å². The lowest BCUT2D eigenvalue weighted by atomic mass is 10.2. The highest BCUT2D eigenvalue weighted by Gasteiger charge is 2.20. The Balaban J connectivity index is 1.65. The molecule has 2 aromatic carbocycles. The van der Waals surface area contributed by atoms with Gasteiger partial charge in [0.05, 0.1) is 10.8 Å². The monoisotopic (exact) mass is 371 g/mol. The Bertz CT molecular complexity index is 900. The topological polar surface area (TPSA) is 85.8 Å². The molecule has 3 N–H and O–H groups in total. The van der Waals surface area contributed by atoms with Crippen LogP contribution in [-0.2, 0) is 11.3 Å². The molecular formula is C18H18FN5OS. The van der Waals surface area contributed by atoms with Crippen LogP contribution in [0.1, 0.15) is 12.5 Å². The van der Waals surface area contributed by atoms with Crippen LogP contribution in [-0.4, -0.2) is 26.0 Å². The molecule has 6 nitrogen and oxygen atoms in total. The first-order valence-electron chi connectivity index (χ1n) is 8.00. The first kappa shape index (κ1) is 17.9. The Kier molecular flexibility index (Phi) is 5.52. The molecule has 0 aliphatic carbocycles. The highest BCUT2D eigenvalue weighted by molar-refractivity contribution is 8.00. The van der Waals surface area contributed by atoms with Crippen LogP contribution in [0.25, 0.3) is 11.4 Å². The predicted octanol–water partition coefficient (Wildman–Crippen LogP) is 2.60. The summed E-state index contributed by atoms with van der Waals surface area (Å²) in [4.78, 5) is 12.3. The van der Waals surface area contributed by atoms with Crippen molar-refractivity contribution in [2.24, 2.45) is 0 Å². The summed E-state index contributed by atoms with van der Waals surface area (Å²) in [6, 6.07) is 15.8. The lowest BCUT2D eigenvalue weighted by Gasteiger charge is -2.11. The van der Waals surface area contributed by atoms with E-state index in [1.807, 2.05) is 30.3 Å². The first-order valence-corrected chi connectivity index (χ1v) is 8.88. The summed E-state index contributed by atoms with van der Waals surface area (Å²) in [5, 5.41) is 10.7. The van der Waals surface area contributed by atoms with Gasteiger partial charge in [-0.05, 0) is 24.6 Å². The van der Waals surface area contributed by atoms with E-state index < -0.39 is 11.1 Å². The zero-order chi connectivity index (χ0) is 18.5. The van der Waals surface area contributed by atoms with E-state index in [0.717, 1.165) is 17.3 Å². The number of nitrogens with two attached hydrogens (primary N) is 1. The fourth-order valence-corrected chi connectivity index (χ4v) is 3.12. The summed E-state index contributed by atoms with van der Waals surface area (Å²) >= 11 is 1.16. The van der Waals surface area contributed by atoms with Crippen LogP contribution in [0.2, 0.25) is 0 Å². The molecular weight excluding hydrogens is 353 g/mol. The summed E-state index contributed by atoms with van der Waals surface area (Å²) in [5.41, 5.74) is 1.28. The molecule has 26 heavy (non-hydrogen) atoms. The number of nitrogen functional groups attached to an aromatic ring is 1. The average Bonchev–Trinajstić information content (AvgIpc) is 3.01.